The average Bonchev–Trinajstić information content (AvgIpc) is 3.04. The molecule has 0 N–H and O–H groups in total. The highest BCUT2D eigenvalue weighted by atomic mass is 35.5. The highest BCUT2D eigenvalue weighted by Gasteiger charge is 2.47. The zero-order valence-corrected chi connectivity index (χ0v) is 27.1. The summed E-state index contributed by atoms with van der Waals surface area (Å²) in [6.45, 7) is 14.6. The van der Waals surface area contributed by atoms with Crippen molar-refractivity contribution in [3.05, 3.63) is 70.7 Å². The summed E-state index contributed by atoms with van der Waals surface area (Å²) >= 11 is 6.65. The van der Waals surface area contributed by atoms with Crippen molar-refractivity contribution in [1.82, 2.24) is 24.8 Å². The van der Waals surface area contributed by atoms with E-state index in [9.17, 15) is 18.0 Å². The maximum absolute atomic E-state index is 13.8. The first-order chi connectivity index (χ1) is 22.5. The molecule has 2 atom stereocenters. The quantitative estimate of drug-likeness (QED) is 0.229. The van der Waals surface area contributed by atoms with E-state index in [-0.39, 0.29) is 57.2 Å². The Hall–Kier alpha value is -4.15. The van der Waals surface area contributed by atoms with Crippen LogP contribution < -0.4 is 14.5 Å². The van der Waals surface area contributed by atoms with E-state index in [0.29, 0.717) is 36.9 Å². The number of pyridine rings is 1. The number of halogens is 4. The first kappa shape index (κ1) is 32.8. The van der Waals surface area contributed by atoms with Crippen LogP contribution in [0.3, 0.4) is 0 Å². The SMILES string of the molecule is [C-]#[N+]C[C@H]1CN(c2nc(OC[C@@H](C)N(C)C3CC(F)(F)C3)nc3c2CCN(c2cncc4cccc(Cl)c24)C3)CCN1C(=O)C(=C)F. The van der Waals surface area contributed by atoms with Crippen LogP contribution in [0.5, 0.6) is 6.01 Å². The molecule has 0 unspecified atom stereocenters. The lowest BCUT2D eigenvalue weighted by Gasteiger charge is -2.43. The molecule has 14 heteroatoms. The molecule has 1 saturated heterocycles. The van der Waals surface area contributed by atoms with Gasteiger partial charge in [0.15, 0.2) is 5.83 Å². The van der Waals surface area contributed by atoms with Crippen molar-refractivity contribution in [2.45, 2.75) is 56.8 Å². The Labute approximate surface area is 276 Å². The predicted octanol–water partition coefficient (Wildman–Crippen LogP) is 5.16. The molecule has 248 valence electrons. The first-order valence-corrected chi connectivity index (χ1v) is 16.0. The second kappa shape index (κ2) is 13.2. The minimum atomic E-state index is -2.62. The van der Waals surface area contributed by atoms with Gasteiger partial charge in [0.05, 0.1) is 29.1 Å². The summed E-state index contributed by atoms with van der Waals surface area (Å²) in [6.07, 6.45) is 3.82. The lowest BCUT2D eigenvalue weighted by Crippen LogP contribution is -2.57. The van der Waals surface area contributed by atoms with Crippen LogP contribution in [0.25, 0.3) is 15.6 Å². The molecule has 2 fully saturated rings. The third kappa shape index (κ3) is 6.67. The van der Waals surface area contributed by atoms with Crippen molar-refractivity contribution >= 4 is 39.8 Å². The summed E-state index contributed by atoms with van der Waals surface area (Å²) in [5.41, 5.74) is 2.55. The van der Waals surface area contributed by atoms with E-state index >= 15 is 0 Å². The van der Waals surface area contributed by atoms with Crippen molar-refractivity contribution in [2.75, 3.05) is 56.2 Å². The molecule has 4 heterocycles. The molecule has 0 radical (unpaired) electrons. The van der Waals surface area contributed by atoms with Gasteiger partial charge in [-0.15, -0.1) is 0 Å². The number of anilines is 2. The number of likely N-dealkylation sites (N-methyl/N-ethyl adjacent to an activating group) is 1. The van der Waals surface area contributed by atoms with Gasteiger partial charge in [0.1, 0.15) is 18.5 Å². The fourth-order valence-corrected chi connectivity index (χ4v) is 6.93. The molecular formula is C33H36ClF3N8O2. The van der Waals surface area contributed by atoms with Crippen LogP contribution in [0.2, 0.25) is 5.02 Å². The number of alkyl halides is 2. The number of amides is 1. The molecule has 1 aromatic carbocycles. The molecule has 6 rings (SSSR count). The minimum absolute atomic E-state index is 0.00116. The Bertz CT molecular complexity index is 1720. The third-order valence-electron chi connectivity index (χ3n) is 9.45. The molecule has 0 spiro atoms. The maximum Gasteiger partial charge on any atom is 0.318 e. The Balaban J connectivity index is 1.30. The summed E-state index contributed by atoms with van der Waals surface area (Å²) in [5.74, 6) is -3.86. The van der Waals surface area contributed by atoms with Gasteiger partial charge in [-0.05, 0) is 26.5 Å². The van der Waals surface area contributed by atoms with E-state index in [4.69, 9.17) is 32.9 Å². The van der Waals surface area contributed by atoms with E-state index in [1.54, 1.807) is 12.4 Å². The molecule has 10 nitrogen and oxygen atoms in total. The number of carbonyl (C=O) groups is 1. The van der Waals surface area contributed by atoms with Gasteiger partial charge in [-0.3, -0.25) is 14.7 Å². The second-order valence-electron chi connectivity index (χ2n) is 12.5. The van der Waals surface area contributed by atoms with Crippen molar-refractivity contribution in [2.24, 2.45) is 0 Å². The van der Waals surface area contributed by atoms with Gasteiger partial charge in [-0.2, -0.15) is 9.97 Å². The van der Waals surface area contributed by atoms with E-state index in [1.807, 2.05) is 42.0 Å². The molecule has 47 heavy (non-hydrogen) atoms. The van der Waals surface area contributed by atoms with E-state index in [2.05, 4.69) is 21.3 Å². The number of benzene rings is 1. The van der Waals surface area contributed by atoms with Crippen LogP contribution >= 0.6 is 11.6 Å². The van der Waals surface area contributed by atoms with Crippen LogP contribution in [0, 0.1) is 6.57 Å². The van der Waals surface area contributed by atoms with Crippen LogP contribution in [-0.4, -0.2) is 101 Å². The number of hydrogen-bond donors (Lipinski definition) is 0. The Morgan fingerprint density at radius 2 is 2.02 bits per heavy atom. The van der Waals surface area contributed by atoms with Crippen molar-refractivity contribution < 1.29 is 22.7 Å². The molecule has 1 saturated carbocycles. The monoisotopic (exact) mass is 668 g/mol. The minimum Gasteiger partial charge on any atom is -0.462 e. The lowest BCUT2D eigenvalue weighted by atomic mass is 9.86. The molecule has 3 aromatic rings. The normalized spacial score (nSPS) is 20.0. The predicted molar refractivity (Wildman–Crippen MR) is 174 cm³/mol. The summed E-state index contributed by atoms with van der Waals surface area (Å²) in [7, 11) is 1.82. The van der Waals surface area contributed by atoms with Crippen LogP contribution in [0.4, 0.5) is 24.7 Å². The number of fused-ring (bicyclic) bond motifs is 2. The topological polar surface area (TPSA) is 82.3 Å². The molecule has 1 aliphatic carbocycles. The molecular weight excluding hydrogens is 633 g/mol. The molecule has 0 bridgehead atoms. The summed E-state index contributed by atoms with van der Waals surface area (Å²) in [6, 6.07) is 4.89. The zero-order valence-electron chi connectivity index (χ0n) is 26.3. The van der Waals surface area contributed by atoms with Gasteiger partial charge in [0, 0.05) is 73.6 Å². The number of hydrogen-bond acceptors (Lipinski definition) is 8. The number of aromatic nitrogens is 3. The standard InChI is InChI=1S/C33H36ClF3N8O2/c1-20(42(4)23-12-33(36,37)13-23)19-47-32-40-27-18-43(28-16-39-14-22-6-5-7-26(34)29(22)28)9-8-25(27)30(41-32)44-10-11-45(31(46)21(2)35)24(17-44)15-38-3/h5-7,14,16,20,23-24H,2,8-13,15,17-19H2,1,4H3/t20-,24+/m1/s1. The third-order valence-corrected chi connectivity index (χ3v) is 9.76. The largest absolute Gasteiger partial charge is 0.462 e. The van der Waals surface area contributed by atoms with E-state index < -0.39 is 23.7 Å². The number of nitrogens with zero attached hydrogens (tertiary/aromatic N) is 8. The fraction of sp³-hybridized carbons (Fsp3) is 0.485. The van der Waals surface area contributed by atoms with Gasteiger partial charge < -0.3 is 24.3 Å². The number of ether oxygens (including phenoxy) is 1. The number of piperazine rings is 1. The Morgan fingerprint density at radius 3 is 2.74 bits per heavy atom. The molecule has 2 aliphatic heterocycles. The molecule has 1 amide bonds. The van der Waals surface area contributed by atoms with E-state index in [1.165, 1.54) is 4.90 Å². The highest BCUT2D eigenvalue weighted by molar-refractivity contribution is 6.36. The highest BCUT2D eigenvalue weighted by Crippen LogP contribution is 2.41. The Morgan fingerprint density at radius 1 is 1.23 bits per heavy atom. The Kier molecular flexibility index (Phi) is 9.18. The van der Waals surface area contributed by atoms with E-state index in [0.717, 1.165) is 27.7 Å². The molecule has 3 aliphatic rings. The average molecular weight is 669 g/mol. The zero-order chi connectivity index (χ0) is 33.5. The smallest absolute Gasteiger partial charge is 0.318 e. The van der Waals surface area contributed by atoms with Crippen molar-refractivity contribution in [3.63, 3.8) is 0 Å². The van der Waals surface area contributed by atoms with Crippen molar-refractivity contribution in [3.8, 4) is 6.01 Å². The maximum atomic E-state index is 13.8. The van der Waals surface area contributed by atoms with Crippen LogP contribution in [-0.2, 0) is 17.8 Å². The van der Waals surface area contributed by atoms with Crippen molar-refractivity contribution in [1.29, 1.82) is 0 Å². The number of carbonyl (C=O) groups excluding carboxylic acids is 1. The van der Waals surface area contributed by atoms with Gasteiger partial charge in [-0.1, -0.05) is 30.3 Å². The molecule has 2 aromatic heterocycles. The van der Waals surface area contributed by atoms with Gasteiger partial charge in [-0.25, -0.2) is 19.7 Å². The summed E-state index contributed by atoms with van der Waals surface area (Å²) in [5, 5.41) is 2.44. The second-order valence-corrected chi connectivity index (χ2v) is 12.9. The van der Waals surface area contributed by atoms with Crippen LogP contribution in [0.15, 0.2) is 43.0 Å². The van der Waals surface area contributed by atoms with Gasteiger partial charge in [0.25, 0.3) is 11.8 Å². The number of rotatable bonds is 9. The van der Waals surface area contributed by atoms with Crippen LogP contribution in [0.1, 0.15) is 31.0 Å². The van der Waals surface area contributed by atoms with Gasteiger partial charge in [0.2, 0.25) is 6.54 Å². The first-order valence-electron chi connectivity index (χ1n) is 15.6. The summed E-state index contributed by atoms with van der Waals surface area (Å²) < 4.78 is 47.1. The van der Waals surface area contributed by atoms with Gasteiger partial charge >= 0.3 is 6.01 Å². The lowest BCUT2D eigenvalue weighted by molar-refractivity contribution is -0.131. The fourth-order valence-electron chi connectivity index (χ4n) is 6.65. The summed E-state index contributed by atoms with van der Waals surface area (Å²) in [4.78, 5) is 37.6.